The average molecular weight is 424 g/mol. The number of ketones is 1. The van der Waals surface area contributed by atoms with E-state index in [4.69, 9.17) is 17.3 Å². The van der Waals surface area contributed by atoms with Gasteiger partial charge in [0.25, 0.3) is 0 Å². The summed E-state index contributed by atoms with van der Waals surface area (Å²) in [5.74, 6) is -0.131. The van der Waals surface area contributed by atoms with Gasteiger partial charge in [0.15, 0.2) is 15.6 Å². The first-order valence-electron chi connectivity index (χ1n) is 8.55. The molecule has 4 rings (SSSR count). The molecule has 9 heteroatoms. The van der Waals surface area contributed by atoms with Crippen LogP contribution < -0.4 is 5.73 Å². The largest absolute Gasteiger partial charge is 0.327 e. The number of sulfone groups is 1. The number of thiophene rings is 1. The molecule has 1 aliphatic heterocycles. The summed E-state index contributed by atoms with van der Waals surface area (Å²) in [5.41, 5.74) is 8.55. The zero-order chi connectivity index (χ0) is 19.2. The number of rotatable bonds is 4. The summed E-state index contributed by atoms with van der Waals surface area (Å²) in [4.78, 5) is 13.3. The maximum absolute atomic E-state index is 12.7. The zero-order valence-corrected chi connectivity index (χ0v) is 16.7. The minimum Gasteiger partial charge on any atom is -0.327 e. The summed E-state index contributed by atoms with van der Waals surface area (Å²) >= 11 is 7.65. The van der Waals surface area contributed by atoms with E-state index in [2.05, 4.69) is 5.10 Å². The van der Waals surface area contributed by atoms with Crippen LogP contribution in [0.5, 0.6) is 0 Å². The summed E-state index contributed by atoms with van der Waals surface area (Å²) in [6, 6.07) is 7.05. The van der Waals surface area contributed by atoms with Crippen molar-refractivity contribution in [3.8, 4) is 11.1 Å². The van der Waals surface area contributed by atoms with E-state index in [9.17, 15) is 13.2 Å². The van der Waals surface area contributed by atoms with Crippen molar-refractivity contribution in [1.82, 2.24) is 9.61 Å². The molecule has 142 valence electrons. The van der Waals surface area contributed by atoms with Gasteiger partial charge in [-0.05, 0) is 30.5 Å². The molecule has 0 saturated carbocycles. The van der Waals surface area contributed by atoms with E-state index < -0.39 is 15.9 Å². The number of fused-ring (bicyclic) bond motifs is 1. The van der Waals surface area contributed by atoms with Crippen molar-refractivity contribution in [3.63, 3.8) is 0 Å². The number of carbonyl (C=O) groups excluding carboxylic acids is 1. The van der Waals surface area contributed by atoms with E-state index in [1.54, 1.807) is 16.8 Å². The van der Waals surface area contributed by atoms with Crippen molar-refractivity contribution in [3.05, 3.63) is 45.9 Å². The Balaban J connectivity index is 1.57. The highest BCUT2D eigenvalue weighted by atomic mass is 35.5. The fourth-order valence-corrected chi connectivity index (χ4v) is 6.42. The highest BCUT2D eigenvalue weighted by Crippen LogP contribution is 2.38. The first kappa shape index (κ1) is 18.6. The van der Waals surface area contributed by atoms with Crippen molar-refractivity contribution < 1.29 is 13.2 Å². The lowest BCUT2D eigenvalue weighted by molar-refractivity contribution is 0.0957. The summed E-state index contributed by atoms with van der Waals surface area (Å²) in [7, 11) is -3.08. The third kappa shape index (κ3) is 3.67. The van der Waals surface area contributed by atoms with Gasteiger partial charge in [0.2, 0.25) is 0 Å². The normalized spacial score (nSPS) is 22.1. The Hall–Kier alpha value is -1.74. The summed E-state index contributed by atoms with van der Waals surface area (Å²) in [5, 5.41) is 4.31. The summed E-state index contributed by atoms with van der Waals surface area (Å²) < 4.78 is 25.6. The molecule has 3 aromatic heterocycles. The molecule has 4 heterocycles. The number of Topliss-reactive ketones (excluding diaryl/α,β-unsaturated/α-hetero) is 1. The molecule has 1 fully saturated rings. The Morgan fingerprint density at radius 3 is 2.96 bits per heavy atom. The number of nitrogens with two attached hydrogens (primary N) is 1. The number of hydrogen-bond donors (Lipinski definition) is 1. The topological polar surface area (TPSA) is 94.5 Å². The van der Waals surface area contributed by atoms with Crippen LogP contribution in [-0.2, 0) is 9.84 Å². The van der Waals surface area contributed by atoms with Crippen molar-refractivity contribution >= 4 is 44.1 Å². The van der Waals surface area contributed by atoms with Gasteiger partial charge >= 0.3 is 0 Å². The first-order chi connectivity index (χ1) is 12.8. The van der Waals surface area contributed by atoms with Gasteiger partial charge in [-0.1, -0.05) is 17.7 Å². The van der Waals surface area contributed by atoms with Gasteiger partial charge in [0.05, 0.1) is 28.1 Å². The second-order valence-electron chi connectivity index (χ2n) is 6.84. The lowest BCUT2D eigenvalue weighted by Crippen LogP contribution is -2.43. The highest BCUT2D eigenvalue weighted by molar-refractivity contribution is 7.91. The van der Waals surface area contributed by atoms with Crippen molar-refractivity contribution in [2.24, 2.45) is 11.7 Å². The average Bonchev–Trinajstić information content (AvgIpc) is 3.20. The summed E-state index contributed by atoms with van der Waals surface area (Å²) in [6.07, 6.45) is 4.25. The molecule has 0 radical (unpaired) electrons. The Morgan fingerprint density at radius 1 is 1.37 bits per heavy atom. The molecule has 2 atom stereocenters. The number of aromatic nitrogens is 2. The lowest BCUT2D eigenvalue weighted by Gasteiger charge is -2.27. The maximum atomic E-state index is 12.7. The number of halogens is 1. The second kappa shape index (κ2) is 7.01. The van der Waals surface area contributed by atoms with E-state index in [-0.39, 0.29) is 29.6 Å². The van der Waals surface area contributed by atoms with Crippen molar-refractivity contribution in [1.29, 1.82) is 0 Å². The smallest absolute Gasteiger partial charge is 0.173 e. The van der Waals surface area contributed by atoms with Gasteiger partial charge < -0.3 is 5.73 Å². The number of hydrogen-bond acceptors (Lipinski definition) is 6. The molecule has 0 bridgehead atoms. The molecule has 2 N–H and O–H groups in total. The number of pyridine rings is 1. The van der Waals surface area contributed by atoms with E-state index >= 15 is 0 Å². The van der Waals surface area contributed by atoms with E-state index in [0.29, 0.717) is 15.6 Å². The SMILES string of the molecule is N[C@H]1CS(=O)(=O)CC[C@@H]1CC(=O)c1cc(-c2cnn3ccccc23)c(Cl)s1. The van der Waals surface area contributed by atoms with Crippen LogP contribution in [0.2, 0.25) is 4.34 Å². The molecule has 3 aromatic rings. The van der Waals surface area contributed by atoms with E-state index in [1.165, 1.54) is 11.3 Å². The molecule has 0 unspecified atom stereocenters. The first-order valence-corrected chi connectivity index (χ1v) is 11.6. The molecule has 0 aliphatic carbocycles. The Labute approximate surface area is 165 Å². The van der Waals surface area contributed by atoms with Gasteiger partial charge in [0, 0.05) is 29.8 Å². The second-order valence-corrected chi connectivity index (χ2v) is 10.7. The van der Waals surface area contributed by atoms with Crippen LogP contribution >= 0.6 is 22.9 Å². The number of carbonyl (C=O) groups is 1. The van der Waals surface area contributed by atoms with Gasteiger partial charge in [-0.25, -0.2) is 12.9 Å². The van der Waals surface area contributed by atoms with Gasteiger partial charge in [-0.2, -0.15) is 5.10 Å². The molecular formula is C18H18ClN3O3S2. The Kier molecular flexibility index (Phi) is 4.84. The highest BCUT2D eigenvalue weighted by Gasteiger charge is 2.32. The van der Waals surface area contributed by atoms with E-state index in [1.807, 2.05) is 24.4 Å². The minimum absolute atomic E-state index is 0.0515. The lowest BCUT2D eigenvalue weighted by atomic mass is 9.92. The Bertz CT molecular complexity index is 1120. The molecule has 6 nitrogen and oxygen atoms in total. The van der Waals surface area contributed by atoms with E-state index in [0.717, 1.165) is 16.6 Å². The predicted molar refractivity (Wildman–Crippen MR) is 107 cm³/mol. The fraction of sp³-hybridized carbons (Fsp3) is 0.333. The standard InChI is InChI=1S/C18H18ClN3O3S2/c19-18-12(13-9-21-22-5-2-1-3-15(13)22)8-17(26-18)16(23)7-11-4-6-27(24,25)10-14(11)20/h1-3,5,8-9,11,14H,4,6-7,10,20H2/t11-,14+/m1/s1. The fourth-order valence-electron chi connectivity index (χ4n) is 3.48. The van der Waals surface area contributed by atoms with Crippen LogP contribution in [-0.4, -0.2) is 41.4 Å². The monoisotopic (exact) mass is 423 g/mol. The van der Waals surface area contributed by atoms with Crippen LogP contribution in [0.3, 0.4) is 0 Å². The predicted octanol–water partition coefficient (Wildman–Crippen LogP) is 3.05. The van der Waals surface area contributed by atoms with Crippen molar-refractivity contribution in [2.75, 3.05) is 11.5 Å². The molecule has 0 amide bonds. The van der Waals surface area contributed by atoms with Crippen LogP contribution in [0.1, 0.15) is 22.5 Å². The molecule has 0 aromatic carbocycles. The maximum Gasteiger partial charge on any atom is 0.173 e. The van der Waals surface area contributed by atoms with Crippen LogP contribution in [0.25, 0.3) is 16.6 Å². The minimum atomic E-state index is -3.08. The molecule has 1 aliphatic rings. The summed E-state index contributed by atoms with van der Waals surface area (Å²) in [6.45, 7) is 0. The zero-order valence-electron chi connectivity index (χ0n) is 14.3. The Morgan fingerprint density at radius 2 is 2.19 bits per heavy atom. The quantitative estimate of drug-likeness (QED) is 0.651. The van der Waals surface area contributed by atoms with Crippen LogP contribution in [0.15, 0.2) is 36.7 Å². The molecule has 27 heavy (non-hydrogen) atoms. The third-order valence-corrected chi connectivity index (χ3v) is 8.13. The number of nitrogens with zero attached hydrogens (tertiary/aromatic N) is 2. The third-order valence-electron chi connectivity index (χ3n) is 4.98. The van der Waals surface area contributed by atoms with Crippen LogP contribution in [0.4, 0.5) is 0 Å². The molecule has 1 saturated heterocycles. The van der Waals surface area contributed by atoms with Crippen LogP contribution in [0, 0.1) is 5.92 Å². The molecular weight excluding hydrogens is 406 g/mol. The van der Waals surface area contributed by atoms with Gasteiger partial charge in [0.1, 0.15) is 4.34 Å². The molecule has 0 spiro atoms. The van der Waals surface area contributed by atoms with Gasteiger partial charge in [-0.3, -0.25) is 4.79 Å². The van der Waals surface area contributed by atoms with Crippen molar-refractivity contribution in [2.45, 2.75) is 18.9 Å². The van der Waals surface area contributed by atoms with Gasteiger partial charge in [-0.15, -0.1) is 11.3 Å².